The maximum atomic E-state index is 11.7. The number of carboxylic acids is 1. The van der Waals surface area contributed by atoms with E-state index in [1.54, 1.807) is 0 Å². The van der Waals surface area contributed by atoms with Crippen LogP contribution in [-0.4, -0.2) is 48.4 Å². The molecular weight excluding hydrogens is 238 g/mol. The number of hydrogen-bond donors (Lipinski definition) is 2. The molecule has 1 amide bonds. The molecule has 1 aliphatic carbocycles. The third-order valence-electron chi connectivity index (χ3n) is 3.56. The number of aliphatic carboxylic acids is 1. The Bertz CT molecular complexity index is 318. The SMILES string of the molecule is O=C(COC1CCCC1)NC1(C(=O)O)CCOC1. The Morgan fingerprint density at radius 3 is 2.67 bits per heavy atom. The first kappa shape index (κ1) is 13.3. The van der Waals surface area contributed by atoms with E-state index < -0.39 is 11.5 Å². The van der Waals surface area contributed by atoms with Crippen molar-refractivity contribution in [2.45, 2.75) is 43.7 Å². The van der Waals surface area contributed by atoms with Crippen LogP contribution in [0.2, 0.25) is 0 Å². The van der Waals surface area contributed by atoms with Crippen molar-refractivity contribution in [1.29, 1.82) is 0 Å². The fourth-order valence-electron chi connectivity index (χ4n) is 2.44. The minimum atomic E-state index is -1.27. The molecule has 6 nitrogen and oxygen atoms in total. The average Bonchev–Trinajstić information content (AvgIpc) is 2.97. The molecule has 0 aromatic rings. The highest BCUT2D eigenvalue weighted by Gasteiger charge is 2.43. The molecule has 2 N–H and O–H groups in total. The zero-order valence-electron chi connectivity index (χ0n) is 10.3. The summed E-state index contributed by atoms with van der Waals surface area (Å²) in [6.45, 7) is 0.313. The molecule has 1 unspecified atom stereocenters. The molecule has 102 valence electrons. The molecule has 2 rings (SSSR count). The highest BCUT2D eigenvalue weighted by Crippen LogP contribution is 2.21. The van der Waals surface area contributed by atoms with E-state index in [4.69, 9.17) is 14.6 Å². The third-order valence-corrected chi connectivity index (χ3v) is 3.56. The lowest BCUT2D eigenvalue weighted by Gasteiger charge is -2.24. The van der Waals surface area contributed by atoms with E-state index in [0.717, 1.165) is 25.7 Å². The van der Waals surface area contributed by atoms with E-state index in [-0.39, 0.29) is 25.2 Å². The monoisotopic (exact) mass is 257 g/mol. The maximum absolute atomic E-state index is 11.7. The minimum absolute atomic E-state index is 0.0253. The van der Waals surface area contributed by atoms with Gasteiger partial charge in [-0.25, -0.2) is 4.79 Å². The van der Waals surface area contributed by atoms with Crippen molar-refractivity contribution in [1.82, 2.24) is 5.32 Å². The van der Waals surface area contributed by atoms with Crippen LogP contribution in [0.25, 0.3) is 0 Å². The zero-order valence-corrected chi connectivity index (χ0v) is 10.3. The van der Waals surface area contributed by atoms with Crippen LogP contribution >= 0.6 is 0 Å². The van der Waals surface area contributed by atoms with Gasteiger partial charge in [-0.05, 0) is 12.8 Å². The molecule has 1 saturated heterocycles. The fourth-order valence-corrected chi connectivity index (χ4v) is 2.44. The maximum Gasteiger partial charge on any atom is 0.331 e. The van der Waals surface area contributed by atoms with Crippen molar-refractivity contribution >= 4 is 11.9 Å². The van der Waals surface area contributed by atoms with E-state index in [1.807, 2.05) is 0 Å². The van der Waals surface area contributed by atoms with Gasteiger partial charge in [-0.1, -0.05) is 12.8 Å². The highest BCUT2D eigenvalue weighted by molar-refractivity contribution is 5.88. The van der Waals surface area contributed by atoms with Crippen molar-refractivity contribution in [3.63, 3.8) is 0 Å². The van der Waals surface area contributed by atoms with Gasteiger partial charge in [0.25, 0.3) is 0 Å². The summed E-state index contributed by atoms with van der Waals surface area (Å²) < 4.78 is 10.5. The lowest BCUT2D eigenvalue weighted by atomic mass is 9.99. The summed E-state index contributed by atoms with van der Waals surface area (Å²) in [5, 5.41) is 11.7. The summed E-state index contributed by atoms with van der Waals surface area (Å²) in [6, 6.07) is 0. The molecule has 0 radical (unpaired) electrons. The first-order chi connectivity index (χ1) is 8.62. The highest BCUT2D eigenvalue weighted by atomic mass is 16.5. The van der Waals surface area contributed by atoms with Gasteiger partial charge < -0.3 is 19.9 Å². The van der Waals surface area contributed by atoms with Crippen molar-refractivity contribution in [2.75, 3.05) is 19.8 Å². The van der Waals surface area contributed by atoms with Gasteiger partial charge in [0, 0.05) is 13.0 Å². The van der Waals surface area contributed by atoms with Gasteiger partial charge >= 0.3 is 5.97 Å². The number of carbonyl (C=O) groups excluding carboxylic acids is 1. The molecule has 1 aliphatic heterocycles. The molecular formula is C12H19NO5. The summed E-state index contributed by atoms with van der Waals surface area (Å²) in [5.41, 5.74) is -1.27. The van der Waals surface area contributed by atoms with Crippen molar-refractivity contribution in [3.8, 4) is 0 Å². The van der Waals surface area contributed by atoms with Crippen LogP contribution in [0.5, 0.6) is 0 Å². The van der Waals surface area contributed by atoms with Crippen LogP contribution in [-0.2, 0) is 19.1 Å². The Balaban J connectivity index is 1.80. The smallest absolute Gasteiger partial charge is 0.331 e. The van der Waals surface area contributed by atoms with Gasteiger partial charge in [0.05, 0.1) is 12.7 Å². The first-order valence-electron chi connectivity index (χ1n) is 6.36. The van der Waals surface area contributed by atoms with Gasteiger partial charge in [0.15, 0.2) is 5.54 Å². The van der Waals surface area contributed by atoms with Crippen LogP contribution in [0.1, 0.15) is 32.1 Å². The second-order valence-electron chi connectivity index (χ2n) is 4.96. The molecule has 1 heterocycles. The summed E-state index contributed by atoms with van der Waals surface area (Å²) in [4.78, 5) is 22.9. The molecule has 0 aromatic carbocycles. The van der Waals surface area contributed by atoms with E-state index in [1.165, 1.54) is 0 Å². The number of carboxylic acid groups (broad SMARTS) is 1. The van der Waals surface area contributed by atoms with Gasteiger partial charge in [0.2, 0.25) is 5.91 Å². The van der Waals surface area contributed by atoms with Gasteiger partial charge in [-0.15, -0.1) is 0 Å². The summed E-state index contributed by atoms with van der Waals surface area (Å²) in [7, 11) is 0. The number of amides is 1. The predicted octanol–water partition coefficient (Wildman–Crippen LogP) is 0.305. The molecule has 2 aliphatic rings. The van der Waals surface area contributed by atoms with Crippen LogP contribution in [0.4, 0.5) is 0 Å². The normalized spacial score (nSPS) is 28.4. The van der Waals surface area contributed by atoms with E-state index >= 15 is 0 Å². The number of nitrogens with one attached hydrogen (secondary N) is 1. The Morgan fingerprint density at radius 2 is 2.11 bits per heavy atom. The molecule has 1 atom stereocenters. The van der Waals surface area contributed by atoms with Crippen molar-refractivity contribution in [3.05, 3.63) is 0 Å². The molecule has 6 heteroatoms. The Kier molecular flexibility index (Phi) is 4.19. The number of hydrogen-bond acceptors (Lipinski definition) is 4. The second kappa shape index (κ2) is 5.67. The van der Waals surface area contributed by atoms with Crippen molar-refractivity contribution < 1.29 is 24.2 Å². The number of ether oxygens (including phenoxy) is 2. The molecule has 0 spiro atoms. The topological polar surface area (TPSA) is 84.9 Å². The largest absolute Gasteiger partial charge is 0.479 e. The zero-order chi connectivity index (χ0) is 13.0. The molecule has 0 bridgehead atoms. The minimum Gasteiger partial charge on any atom is -0.479 e. The standard InChI is InChI=1S/C12H19NO5/c14-10(7-18-9-3-1-2-4-9)13-12(11(15)16)5-6-17-8-12/h9H,1-8H2,(H,13,14)(H,15,16). The molecule has 2 fully saturated rings. The van der Waals surface area contributed by atoms with Crippen LogP contribution < -0.4 is 5.32 Å². The van der Waals surface area contributed by atoms with Gasteiger partial charge in [0.1, 0.15) is 6.61 Å². The lowest BCUT2D eigenvalue weighted by Crippen LogP contribution is -2.56. The predicted molar refractivity (Wildman–Crippen MR) is 62.2 cm³/mol. The molecule has 18 heavy (non-hydrogen) atoms. The second-order valence-corrected chi connectivity index (χ2v) is 4.96. The van der Waals surface area contributed by atoms with E-state index in [0.29, 0.717) is 13.0 Å². The van der Waals surface area contributed by atoms with Crippen LogP contribution in [0.3, 0.4) is 0 Å². The Labute approximate surface area is 106 Å². The fraction of sp³-hybridized carbons (Fsp3) is 0.833. The summed E-state index contributed by atoms with van der Waals surface area (Å²) >= 11 is 0. The quantitative estimate of drug-likeness (QED) is 0.740. The number of carbonyl (C=O) groups is 2. The Morgan fingerprint density at radius 1 is 1.39 bits per heavy atom. The van der Waals surface area contributed by atoms with Crippen LogP contribution in [0.15, 0.2) is 0 Å². The van der Waals surface area contributed by atoms with Gasteiger partial charge in [-0.3, -0.25) is 4.79 Å². The van der Waals surface area contributed by atoms with E-state index in [2.05, 4.69) is 5.32 Å². The summed E-state index contributed by atoms with van der Waals surface area (Å²) in [6.07, 6.45) is 4.70. The van der Waals surface area contributed by atoms with E-state index in [9.17, 15) is 9.59 Å². The third kappa shape index (κ3) is 3.00. The number of rotatable bonds is 5. The first-order valence-corrected chi connectivity index (χ1v) is 6.36. The van der Waals surface area contributed by atoms with Crippen LogP contribution in [0, 0.1) is 0 Å². The molecule has 1 saturated carbocycles. The van der Waals surface area contributed by atoms with Gasteiger partial charge in [-0.2, -0.15) is 0 Å². The average molecular weight is 257 g/mol. The Hall–Kier alpha value is -1.14. The summed E-state index contributed by atoms with van der Waals surface area (Å²) in [5.74, 6) is -1.43. The van der Waals surface area contributed by atoms with Crippen molar-refractivity contribution in [2.24, 2.45) is 0 Å². The molecule has 0 aromatic heterocycles. The lowest BCUT2D eigenvalue weighted by molar-refractivity contribution is -0.148.